The van der Waals surface area contributed by atoms with E-state index >= 15 is 0 Å². The SMILES string of the molecule is CC(O)CN(C(=O)C(C)Cc1ccc(Cl)cc1)C(C)C. The average Bonchev–Trinajstić information content (AvgIpc) is 2.37. The molecule has 20 heavy (non-hydrogen) atoms. The third kappa shape index (κ3) is 5.14. The summed E-state index contributed by atoms with van der Waals surface area (Å²) in [5, 5.41) is 10.2. The number of rotatable bonds is 6. The molecular weight excluding hydrogens is 274 g/mol. The van der Waals surface area contributed by atoms with Crippen LogP contribution in [0.25, 0.3) is 0 Å². The van der Waals surface area contributed by atoms with Gasteiger partial charge < -0.3 is 10.0 Å². The van der Waals surface area contributed by atoms with Crippen LogP contribution in [0.4, 0.5) is 0 Å². The minimum absolute atomic E-state index is 0.0795. The van der Waals surface area contributed by atoms with Crippen molar-refractivity contribution in [2.75, 3.05) is 6.54 Å². The fourth-order valence-electron chi connectivity index (χ4n) is 2.18. The smallest absolute Gasteiger partial charge is 0.226 e. The van der Waals surface area contributed by atoms with E-state index in [1.54, 1.807) is 11.8 Å². The molecule has 2 unspecified atom stereocenters. The predicted molar refractivity (Wildman–Crippen MR) is 82.8 cm³/mol. The molecule has 1 aromatic carbocycles. The molecule has 0 aliphatic rings. The molecule has 1 rings (SSSR count). The largest absolute Gasteiger partial charge is 0.392 e. The molecule has 3 nitrogen and oxygen atoms in total. The van der Waals surface area contributed by atoms with E-state index in [1.807, 2.05) is 45.0 Å². The first-order valence-corrected chi connectivity index (χ1v) is 7.42. The van der Waals surface area contributed by atoms with E-state index in [-0.39, 0.29) is 17.9 Å². The molecule has 1 N–H and O–H groups in total. The van der Waals surface area contributed by atoms with E-state index in [1.165, 1.54) is 0 Å². The number of hydrogen-bond donors (Lipinski definition) is 1. The molecule has 1 aromatic rings. The van der Waals surface area contributed by atoms with Crippen LogP contribution in [-0.4, -0.2) is 34.6 Å². The van der Waals surface area contributed by atoms with E-state index in [0.717, 1.165) is 5.56 Å². The molecule has 1 amide bonds. The number of hydrogen-bond acceptors (Lipinski definition) is 2. The normalized spacial score (nSPS) is 14.2. The monoisotopic (exact) mass is 297 g/mol. The molecule has 0 aliphatic heterocycles. The number of carbonyl (C=O) groups is 1. The summed E-state index contributed by atoms with van der Waals surface area (Å²) in [6.07, 6.45) is 0.169. The van der Waals surface area contributed by atoms with Crippen molar-refractivity contribution in [3.63, 3.8) is 0 Å². The van der Waals surface area contributed by atoms with Gasteiger partial charge in [0.05, 0.1) is 6.10 Å². The first kappa shape index (κ1) is 17.0. The van der Waals surface area contributed by atoms with Crippen molar-refractivity contribution < 1.29 is 9.90 Å². The lowest BCUT2D eigenvalue weighted by atomic mass is 9.99. The van der Waals surface area contributed by atoms with Crippen molar-refractivity contribution >= 4 is 17.5 Å². The lowest BCUT2D eigenvalue weighted by molar-refractivity contribution is -0.138. The molecule has 2 atom stereocenters. The average molecular weight is 298 g/mol. The van der Waals surface area contributed by atoms with Crippen LogP contribution >= 0.6 is 11.6 Å². The minimum Gasteiger partial charge on any atom is -0.392 e. The van der Waals surface area contributed by atoms with Crippen LogP contribution in [0.2, 0.25) is 5.02 Å². The molecule has 4 heteroatoms. The van der Waals surface area contributed by atoms with E-state index in [0.29, 0.717) is 18.0 Å². The molecule has 112 valence electrons. The van der Waals surface area contributed by atoms with Crippen molar-refractivity contribution in [3.8, 4) is 0 Å². The van der Waals surface area contributed by atoms with Crippen LogP contribution in [0.15, 0.2) is 24.3 Å². The van der Waals surface area contributed by atoms with E-state index < -0.39 is 6.10 Å². The van der Waals surface area contributed by atoms with E-state index in [2.05, 4.69) is 0 Å². The Labute approximate surface area is 126 Å². The fraction of sp³-hybridized carbons (Fsp3) is 0.562. The molecule has 0 radical (unpaired) electrons. The van der Waals surface area contributed by atoms with Crippen LogP contribution in [0.5, 0.6) is 0 Å². The van der Waals surface area contributed by atoms with Crippen LogP contribution in [0.1, 0.15) is 33.3 Å². The third-order valence-corrected chi connectivity index (χ3v) is 3.50. The third-order valence-electron chi connectivity index (χ3n) is 3.24. The van der Waals surface area contributed by atoms with Crippen molar-refractivity contribution in [1.29, 1.82) is 0 Å². The van der Waals surface area contributed by atoms with Gasteiger partial charge >= 0.3 is 0 Å². The second kappa shape index (κ2) is 7.65. The summed E-state index contributed by atoms with van der Waals surface area (Å²) < 4.78 is 0. The Morgan fingerprint density at radius 3 is 2.20 bits per heavy atom. The van der Waals surface area contributed by atoms with Gasteiger partial charge in [0.15, 0.2) is 0 Å². The summed E-state index contributed by atoms with van der Waals surface area (Å²) >= 11 is 5.86. The minimum atomic E-state index is -0.510. The Morgan fingerprint density at radius 2 is 1.75 bits per heavy atom. The van der Waals surface area contributed by atoms with Gasteiger partial charge in [-0.1, -0.05) is 30.7 Å². The number of aliphatic hydroxyl groups excluding tert-OH is 1. The molecule has 0 saturated heterocycles. The van der Waals surface area contributed by atoms with Gasteiger partial charge in [-0.25, -0.2) is 0 Å². The highest BCUT2D eigenvalue weighted by molar-refractivity contribution is 6.30. The lowest BCUT2D eigenvalue weighted by Crippen LogP contribution is -2.44. The molecule has 0 aromatic heterocycles. The summed E-state index contributed by atoms with van der Waals surface area (Å²) in [5.74, 6) is -0.0341. The molecule has 0 heterocycles. The second-order valence-corrected chi connectivity index (χ2v) is 6.10. The summed E-state index contributed by atoms with van der Waals surface area (Å²) in [4.78, 5) is 14.2. The fourth-order valence-corrected chi connectivity index (χ4v) is 2.31. The Morgan fingerprint density at radius 1 is 1.20 bits per heavy atom. The van der Waals surface area contributed by atoms with Gasteiger partial charge in [-0.2, -0.15) is 0 Å². The quantitative estimate of drug-likeness (QED) is 0.876. The Hall–Kier alpha value is -1.06. The van der Waals surface area contributed by atoms with Gasteiger partial charge in [0, 0.05) is 23.5 Å². The first-order valence-electron chi connectivity index (χ1n) is 7.04. The zero-order chi connectivity index (χ0) is 15.3. The number of aliphatic hydroxyl groups is 1. The van der Waals surface area contributed by atoms with Gasteiger partial charge in [0.25, 0.3) is 0 Å². The zero-order valence-corrected chi connectivity index (χ0v) is 13.4. The number of carbonyl (C=O) groups excluding carboxylic acids is 1. The Balaban J connectivity index is 2.71. The van der Waals surface area contributed by atoms with Crippen molar-refractivity contribution in [2.24, 2.45) is 5.92 Å². The van der Waals surface area contributed by atoms with Gasteiger partial charge in [0.2, 0.25) is 5.91 Å². The summed E-state index contributed by atoms with van der Waals surface area (Å²) in [6, 6.07) is 7.65. The van der Waals surface area contributed by atoms with Crippen LogP contribution < -0.4 is 0 Å². The van der Waals surface area contributed by atoms with Gasteiger partial charge in [-0.3, -0.25) is 4.79 Å². The van der Waals surface area contributed by atoms with Gasteiger partial charge in [0.1, 0.15) is 0 Å². The molecule has 0 saturated carbocycles. The molecular formula is C16H24ClNO2. The Kier molecular flexibility index (Phi) is 6.50. The zero-order valence-electron chi connectivity index (χ0n) is 12.6. The maximum absolute atomic E-state index is 12.5. The number of amides is 1. The standard InChI is InChI=1S/C16H24ClNO2/c1-11(2)18(10-13(4)19)16(20)12(3)9-14-5-7-15(17)8-6-14/h5-8,11-13,19H,9-10H2,1-4H3. The highest BCUT2D eigenvalue weighted by Crippen LogP contribution is 2.16. The molecule has 0 aliphatic carbocycles. The lowest BCUT2D eigenvalue weighted by Gasteiger charge is -2.30. The molecule has 0 bridgehead atoms. The van der Waals surface area contributed by atoms with E-state index in [4.69, 9.17) is 11.6 Å². The molecule has 0 spiro atoms. The highest BCUT2D eigenvalue weighted by Gasteiger charge is 2.23. The molecule has 0 fully saturated rings. The first-order chi connectivity index (χ1) is 9.31. The second-order valence-electron chi connectivity index (χ2n) is 5.67. The van der Waals surface area contributed by atoms with Crippen molar-refractivity contribution in [3.05, 3.63) is 34.9 Å². The number of halogens is 1. The van der Waals surface area contributed by atoms with Gasteiger partial charge in [-0.05, 0) is 44.9 Å². The maximum atomic E-state index is 12.5. The Bertz CT molecular complexity index is 429. The van der Waals surface area contributed by atoms with Crippen LogP contribution in [0, 0.1) is 5.92 Å². The topological polar surface area (TPSA) is 40.5 Å². The summed E-state index contributed by atoms with van der Waals surface area (Å²) in [6.45, 7) is 7.94. The van der Waals surface area contributed by atoms with E-state index in [9.17, 15) is 9.90 Å². The maximum Gasteiger partial charge on any atom is 0.226 e. The number of benzene rings is 1. The van der Waals surface area contributed by atoms with Crippen molar-refractivity contribution in [2.45, 2.75) is 46.3 Å². The highest BCUT2D eigenvalue weighted by atomic mass is 35.5. The summed E-state index contributed by atoms with van der Waals surface area (Å²) in [7, 11) is 0. The summed E-state index contributed by atoms with van der Waals surface area (Å²) in [5.41, 5.74) is 1.09. The van der Waals surface area contributed by atoms with Crippen molar-refractivity contribution in [1.82, 2.24) is 4.90 Å². The van der Waals surface area contributed by atoms with Crippen LogP contribution in [-0.2, 0) is 11.2 Å². The predicted octanol–water partition coefficient (Wildman–Crippen LogP) is 3.14. The van der Waals surface area contributed by atoms with Gasteiger partial charge in [-0.15, -0.1) is 0 Å². The van der Waals surface area contributed by atoms with Crippen LogP contribution in [0.3, 0.4) is 0 Å². The number of nitrogens with zero attached hydrogens (tertiary/aromatic N) is 1.